The molecule has 2 heterocycles. The average Bonchev–Trinajstić information content (AvgIpc) is 3.17. The molecule has 1 aliphatic heterocycles. The van der Waals surface area contributed by atoms with E-state index in [2.05, 4.69) is 16.4 Å². The molecular formula is C22H21N3O2S. The second kappa shape index (κ2) is 7.94. The van der Waals surface area contributed by atoms with Crippen LogP contribution < -0.4 is 5.32 Å². The molecule has 5 nitrogen and oxygen atoms in total. The van der Waals surface area contributed by atoms with Gasteiger partial charge in [-0.25, -0.2) is 4.98 Å². The van der Waals surface area contributed by atoms with Crippen LogP contribution in [-0.4, -0.2) is 28.2 Å². The number of carbonyl (C=O) groups excluding carboxylic acids is 2. The molecule has 1 N–H and O–H groups in total. The number of fused-ring (bicyclic) bond motifs is 1. The molecule has 1 aromatic heterocycles. The van der Waals surface area contributed by atoms with Crippen LogP contribution in [0.2, 0.25) is 0 Å². The average molecular weight is 391 g/mol. The van der Waals surface area contributed by atoms with Crippen molar-refractivity contribution in [3.05, 3.63) is 71.1 Å². The predicted molar refractivity (Wildman–Crippen MR) is 111 cm³/mol. The van der Waals surface area contributed by atoms with Gasteiger partial charge in [-0.1, -0.05) is 54.6 Å². The molecule has 0 saturated carbocycles. The maximum Gasteiger partial charge on any atom is 0.228 e. The molecule has 6 heteroatoms. The highest BCUT2D eigenvalue weighted by Gasteiger charge is 2.30. The van der Waals surface area contributed by atoms with Gasteiger partial charge < -0.3 is 10.2 Å². The smallest absolute Gasteiger partial charge is 0.228 e. The fraction of sp³-hybridized carbons (Fsp3) is 0.227. The maximum atomic E-state index is 12.7. The van der Waals surface area contributed by atoms with E-state index in [0.717, 1.165) is 23.2 Å². The first-order chi connectivity index (χ1) is 13.6. The lowest BCUT2D eigenvalue weighted by Crippen LogP contribution is -2.40. The van der Waals surface area contributed by atoms with E-state index >= 15 is 0 Å². The molecule has 1 unspecified atom stereocenters. The first kappa shape index (κ1) is 18.4. The molecule has 0 spiro atoms. The van der Waals surface area contributed by atoms with Crippen LogP contribution in [-0.2, 0) is 16.0 Å². The van der Waals surface area contributed by atoms with Crippen molar-refractivity contribution in [3.63, 3.8) is 0 Å². The molecule has 28 heavy (non-hydrogen) atoms. The van der Waals surface area contributed by atoms with Crippen LogP contribution >= 0.6 is 11.3 Å². The third-order valence-electron chi connectivity index (χ3n) is 5.02. The summed E-state index contributed by atoms with van der Waals surface area (Å²) in [6.45, 7) is 2.20. The Morgan fingerprint density at radius 1 is 1.14 bits per heavy atom. The number of thiazole rings is 1. The van der Waals surface area contributed by atoms with Crippen LogP contribution in [0.15, 0.2) is 60.0 Å². The van der Waals surface area contributed by atoms with E-state index in [-0.39, 0.29) is 24.3 Å². The summed E-state index contributed by atoms with van der Waals surface area (Å²) in [5.41, 5.74) is 4.12. The number of hydrogen-bond acceptors (Lipinski definition) is 4. The van der Waals surface area contributed by atoms with Gasteiger partial charge >= 0.3 is 0 Å². The topological polar surface area (TPSA) is 62.3 Å². The summed E-state index contributed by atoms with van der Waals surface area (Å²) in [5.74, 6) is -0.144. The summed E-state index contributed by atoms with van der Waals surface area (Å²) in [6, 6.07) is 17.7. The van der Waals surface area contributed by atoms with E-state index in [1.54, 1.807) is 11.8 Å². The van der Waals surface area contributed by atoms with Crippen molar-refractivity contribution < 1.29 is 9.59 Å². The van der Waals surface area contributed by atoms with Gasteiger partial charge in [-0.15, -0.1) is 11.3 Å². The fourth-order valence-corrected chi connectivity index (χ4v) is 4.40. The molecule has 0 bridgehead atoms. The van der Waals surface area contributed by atoms with Gasteiger partial charge in [0.05, 0.1) is 18.2 Å². The van der Waals surface area contributed by atoms with Crippen LogP contribution in [0.1, 0.15) is 30.5 Å². The Bertz CT molecular complexity index is 1000. The standard InChI is InChI=1S/C22H21N3O2S/c1-15(26)25-12-11-16-7-5-6-10-18(16)20(25)13-21(27)24-22-23-19(14-28-22)17-8-3-2-4-9-17/h2-10,14,20H,11-13H2,1H3,(H,23,24,27). The lowest BCUT2D eigenvalue weighted by molar-refractivity contribution is -0.132. The Hall–Kier alpha value is -2.99. The van der Waals surface area contributed by atoms with E-state index in [1.165, 1.54) is 16.9 Å². The van der Waals surface area contributed by atoms with Gasteiger partial charge in [0.1, 0.15) is 0 Å². The number of hydrogen-bond donors (Lipinski definition) is 1. The molecule has 0 saturated heterocycles. The summed E-state index contributed by atoms with van der Waals surface area (Å²) in [7, 11) is 0. The first-order valence-electron chi connectivity index (χ1n) is 9.27. The molecule has 3 aromatic rings. The third-order valence-corrected chi connectivity index (χ3v) is 5.77. The van der Waals surface area contributed by atoms with Crippen molar-refractivity contribution in [2.45, 2.75) is 25.8 Å². The van der Waals surface area contributed by atoms with Crippen LogP contribution in [0.3, 0.4) is 0 Å². The molecule has 1 aliphatic rings. The molecule has 2 aromatic carbocycles. The summed E-state index contributed by atoms with van der Waals surface area (Å²) < 4.78 is 0. The number of rotatable bonds is 4. The van der Waals surface area contributed by atoms with Crippen LogP contribution in [0.5, 0.6) is 0 Å². The van der Waals surface area contributed by atoms with Gasteiger partial charge in [0.15, 0.2) is 5.13 Å². The van der Waals surface area contributed by atoms with Crippen molar-refractivity contribution in [2.24, 2.45) is 0 Å². The van der Waals surface area contributed by atoms with E-state index in [9.17, 15) is 9.59 Å². The summed E-state index contributed by atoms with van der Waals surface area (Å²) in [6.07, 6.45) is 1.04. The summed E-state index contributed by atoms with van der Waals surface area (Å²) >= 11 is 1.40. The number of nitrogens with zero attached hydrogens (tertiary/aromatic N) is 2. The lowest BCUT2D eigenvalue weighted by atomic mass is 9.90. The quantitative estimate of drug-likeness (QED) is 0.722. The lowest BCUT2D eigenvalue weighted by Gasteiger charge is -2.36. The zero-order valence-electron chi connectivity index (χ0n) is 15.6. The van der Waals surface area contributed by atoms with Crippen molar-refractivity contribution in [1.29, 1.82) is 0 Å². The summed E-state index contributed by atoms with van der Waals surface area (Å²) in [4.78, 5) is 31.1. The van der Waals surface area contributed by atoms with E-state index in [4.69, 9.17) is 0 Å². The zero-order chi connectivity index (χ0) is 19.5. The van der Waals surface area contributed by atoms with Gasteiger partial charge in [-0.05, 0) is 17.5 Å². The Kier molecular flexibility index (Phi) is 5.21. The number of aromatic nitrogens is 1. The fourth-order valence-electron chi connectivity index (χ4n) is 3.67. The Morgan fingerprint density at radius 3 is 2.68 bits per heavy atom. The van der Waals surface area contributed by atoms with Crippen molar-refractivity contribution in [3.8, 4) is 11.3 Å². The second-order valence-electron chi connectivity index (χ2n) is 6.83. The molecule has 0 aliphatic carbocycles. The van der Waals surface area contributed by atoms with Gasteiger partial charge in [-0.2, -0.15) is 0 Å². The molecule has 2 amide bonds. The zero-order valence-corrected chi connectivity index (χ0v) is 16.4. The minimum atomic E-state index is -0.240. The number of benzene rings is 2. The van der Waals surface area contributed by atoms with Gasteiger partial charge in [-0.3, -0.25) is 9.59 Å². The Balaban J connectivity index is 1.50. The highest BCUT2D eigenvalue weighted by molar-refractivity contribution is 7.14. The van der Waals surface area contributed by atoms with Crippen molar-refractivity contribution in [2.75, 3.05) is 11.9 Å². The second-order valence-corrected chi connectivity index (χ2v) is 7.69. The Labute approximate surface area is 168 Å². The molecule has 142 valence electrons. The van der Waals surface area contributed by atoms with Gasteiger partial charge in [0, 0.05) is 24.4 Å². The van der Waals surface area contributed by atoms with Crippen LogP contribution in [0.4, 0.5) is 5.13 Å². The number of amides is 2. The highest BCUT2D eigenvalue weighted by Crippen LogP contribution is 2.33. The maximum absolute atomic E-state index is 12.7. The van der Waals surface area contributed by atoms with Crippen LogP contribution in [0.25, 0.3) is 11.3 Å². The Morgan fingerprint density at radius 2 is 1.89 bits per heavy atom. The molecule has 1 atom stereocenters. The molecule has 0 radical (unpaired) electrons. The van der Waals surface area contributed by atoms with E-state index in [0.29, 0.717) is 11.7 Å². The van der Waals surface area contributed by atoms with Crippen molar-refractivity contribution >= 4 is 28.3 Å². The minimum absolute atomic E-state index is 0.00656. The normalized spacial score (nSPS) is 15.8. The molecule has 4 rings (SSSR count). The SMILES string of the molecule is CC(=O)N1CCc2ccccc2C1CC(=O)Nc1nc(-c2ccccc2)cs1. The monoisotopic (exact) mass is 391 g/mol. The number of carbonyl (C=O) groups is 2. The van der Waals surface area contributed by atoms with Gasteiger partial charge in [0.2, 0.25) is 11.8 Å². The van der Waals surface area contributed by atoms with E-state index < -0.39 is 0 Å². The number of anilines is 1. The first-order valence-corrected chi connectivity index (χ1v) is 10.2. The van der Waals surface area contributed by atoms with Crippen molar-refractivity contribution in [1.82, 2.24) is 9.88 Å². The van der Waals surface area contributed by atoms with Gasteiger partial charge in [0.25, 0.3) is 0 Å². The van der Waals surface area contributed by atoms with E-state index in [1.807, 2.05) is 53.9 Å². The minimum Gasteiger partial charge on any atom is -0.335 e. The third kappa shape index (κ3) is 3.82. The van der Waals surface area contributed by atoms with Crippen LogP contribution in [0, 0.1) is 0 Å². The number of nitrogens with one attached hydrogen (secondary N) is 1. The largest absolute Gasteiger partial charge is 0.335 e. The molecular weight excluding hydrogens is 370 g/mol. The molecule has 0 fully saturated rings. The summed E-state index contributed by atoms with van der Waals surface area (Å²) in [5, 5.41) is 5.41. The highest BCUT2D eigenvalue weighted by atomic mass is 32.1. The predicted octanol–water partition coefficient (Wildman–Crippen LogP) is 4.28.